The molecular weight excluding hydrogens is 368 g/mol. The minimum Gasteiger partial charge on any atom is -0.480 e. The molecule has 0 radical (unpaired) electrons. The van der Waals surface area contributed by atoms with Crippen LogP contribution >= 0.6 is 0 Å². The normalized spacial score (nSPS) is 17.6. The van der Waals surface area contributed by atoms with Crippen LogP contribution in [0.1, 0.15) is 48.0 Å². The van der Waals surface area contributed by atoms with Gasteiger partial charge in [0.05, 0.1) is 12.1 Å². The van der Waals surface area contributed by atoms with Gasteiger partial charge < -0.3 is 31.9 Å². The van der Waals surface area contributed by atoms with Crippen LogP contribution in [0.4, 0.5) is 0 Å². The van der Waals surface area contributed by atoms with E-state index in [1.165, 1.54) is 13.8 Å². The van der Waals surface area contributed by atoms with Crippen molar-refractivity contribution in [2.24, 2.45) is 17.6 Å². The molecule has 0 aromatic carbocycles. The molecule has 28 heavy (non-hydrogen) atoms. The molecule has 0 aliphatic carbocycles. The minimum atomic E-state index is -1.51. The van der Waals surface area contributed by atoms with E-state index in [0.717, 1.165) is 0 Å². The van der Waals surface area contributed by atoms with Crippen molar-refractivity contribution in [1.82, 2.24) is 16.0 Å². The molecule has 0 rings (SSSR count). The molecule has 0 saturated heterocycles. The number of nitrogens with one attached hydrogen (secondary N) is 3. The number of carbonyl (C=O) groups is 4. The smallest absolute Gasteiger partial charge is 0.328 e. The highest BCUT2D eigenvalue weighted by molar-refractivity contribution is 5.94. The Morgan fingerprint density at radius 2 is 1.25 bits per heavy atom. The van der Waals surface area contributed by atoms with Gasteiger partial charge in [0.25, 0.3) is 0 Å². The summed E-state index contributed by atoms with van der Waals surface area (Å²) in [5, 5.41) is 26.0. The van der Waals surface area contributed by atoms with Crippen LogP contribution in [0.15, 0.2) is 0 Å². The van der Waals surface area contributed by atoms with Gasteiger partial charge in [0, 0.05) is 0 Å². The summed E-state index contributed by atoms with van der Waals surface area (Å²) < 4.78 is 0. The van der Waals surface area contributed by atoms with Crippen LogP contribution in [0.2, 0.25) is 0 Å². The predicted molar refractivity (Wildman–Crippen MR) is 103 cm³/mol. The lowest BCUT2D eigenvalue weighted by Crippen LogP contribution is -2.60. The van der Waals surface area contributed by atoms with E-state index in [0.29, 0.717) is 6.42 Å². The molecule has 0 saturated carbocycles. The molecule has 0 aromatic heterocycles. The standard InChI is InChI=1S/C18H34N4O6/c1-7-9(4)13(21-15(24)10(5)19)17(26)20-12(8(2)3)16(25)22-14(11(6)23)18(27)28/h8-14,23H,7,19H2,1-6H3,(H,20,26)(H,21,24)(H,22,25)(H,27,28). The van der Waals surface area contributed by atoms with Crippen LogP contribution in [-0.2, 0) is 19.2 Å². The summed E-state index contributed by atoms with van der Waals surface area (Å²) in [5.74, 6) is -3.78. The fourth-order valence-corrected chi connectivity index (χ4v) is 2.40. The lowest BCUT2D eigenvalue weighted by atomic mass is 9.96. The van der Waals surface area contributed by atoms with Crippen molar-refractivity contribution in [2.75, 3.05) is 0 Å². The van der Waals surface area contributed by atoms with Gasteiger partial charge in [0.15, 0.2) is 6.04 Å². The monoisotopic (exact) mass is 402 g/mol. The van der Waals surface area contributed by atoms with Crippen LogP contribution in [0, 0.1) is 11.8 Å². The Morgan fingerprint density at radius 3 is 1.61 bits per heavy atom. The third-order valence-corrected chi connectivity index (χ3v) is 4.50. The minimum absolute atomic E-state index is 0.220. The molecule has 10 nitrogen and oxygen atoms in total. The zero-order chi connectivity index (χ0) is 22.2. The number of rotatable bonds is 11. The molecule has 0 aliphatic heterocycles. The zero-order valence-electron chi connectivity index (χ0n) is 17.4. The largest absolute Gasteiger partial charge is 0.480 e. The molecule has 7 N–H and O–H groups in total. The van der Waals surface area contributed by atoms with Gasteiger partial charge >= 0.3 is 5.97 Å². The highest BCUT2D eigenvalue weighted by Gasteiger charge is 2.34. The lowest BCUT2D eigenvalue weighted by molar-refractivity contribution is -0.145. The van der Waals surface area contributed by atoms with Gasteiger partial charge in [-0.15, -0.1) is 0 Å². The summed E-state index contributed by atoms with van der Waals surface area (Å²) in [7, 11) is 0. The van der Waals surface area contributed by atoms with Crippen LogP contribution in [0.5, 0.6) is 0 Å². The van der Waals surface area contributed by atoms with E-state index in [2.05, 4.69) is 16.0 Å². The molecule has 6 atom stereocenters. The van der Waals surface area contributed by atoms with Crippen LogP contribution in [-0.4, -0.2) is 64.2 Å². The van der Waals surface area contributed by atoms with E-state index >= 15 is 0 Å². The summed E-state index contributed by atoms with van der Waals surface area (Å²) in [6.45, 7) is 9.74. The van der Waals surface area contributed by atoms with E-state index in [4.69, 9.17) is 10.8 Å². The third-order valence-electron chi connectivity index (χ3n) is 4.50. The van der Waals surface area contributed by atoms with E-state index in [9.17, 15) is 24.3 Å². The van der Waals surface area contributed by atoms with Gasteiger partial charge in [-0.1, -0.05) is 34.1 Å². The first-order chi connectivity index (χ1) is 12.8. The van der Waals surface area contributed by atoms with Crippen LogP contribution in [0.3, 0.4) is 0 Å². The first-order valence-corrected chi connectivity index (χ1v) is 9.40. The molecule has 3 amide bonds. The van der Waals surface area contributed by atoms with Crippen molar-refractivity contribution >= 4 is 23.7 Å². The summed E-state index contributed by atoms with van der Waals surface area (Å²) in [5.41, 5.74) is 5.55. The SMILES string of the molecule is CCC(C)C(NC(=O)C(C)N)C(=O)NC(C(=O)NC(C(=O)O)C(C)O)C(C)C. The van der Waals surface area contributed by atoms with Gasteiger partial charge in [0.2, 0.25) is 17.7 Å². The van der Waals surface area contributed by atoms with E-state index in [1.54, 1.807) is 20.8 Å². The molecular formula is C18H34N4O6. The maximum atomic E-state index is 12.8. The first-order valence-electron chi connectivity index (χ1n) is 9.40. The number of amides is 3. The lowest BCUT2D eigenvalue weighted by Gasteiger charge is -2.29. The molecule has 10 heteroatoms. The maximum absolute atomic E-state index is 12.8. The van der Waals surface area contributed by atoms with E-state index in [-0.39, 0.29) is 11.8 Å². The second kappa shape index (κ2) is 11.6. The van der Waals surface area contributed by atoms with Crippen LogP contribution in [0.25, 0.3) is 0 Å². The van der Waals surface area contributed by atoms with Crippen molar-refractivity contribution in [3.8, 4) is 0 Å². The Balaban J connectivity index is 5.41. The molecule has 0 aliphatic rings. The van der Waals surface area contributed by atoms with Crippen LogP contribution < -0.4 is 21.7 Å². The number of carboxylic acids is 1. The van der Waals surface area contributed by atoms with Gasteiger partial charge in [-0.2, -0.15) is 0 Å². The predicted octanol–water partition coefficient (Wildman–Crippen LogP) is -1.04. The Labute approximate surface area is 165 Å². The van der Waals surface area contributed by atoms with Gasteiger partial charge in [-0.3, -0.25) is 14.4 Å². The van der Waals surface area contributed by atoms with Crippen molar-refractivity contribution < 1.29 is 29.4 Å². The summed E-state index contributed by atoms with van der Waals surface area (Å²) >= 11 is 0. The summed E-state index contributed by atoms with van der Waals surface area (Å²) in [6, 6.07) is -4.25. The third kappa shape index (κ3) is 7.81. The van der Waals surface area contributed by atoms with Crippen molar-refractivity contribution in [3.63, 3.8) is 0 Å². The molecule has 0 bridgehead atoms. The fraction of sp³-hybridized carbons (Fsp3) is 0.778. The molecule has 0 heterocycles. The number of nitrogens with two attached hydrogens (primary N) is 1. The van der Waals surface area contributed by atoms with Gasteiger partial charge in [-0.25, -0.2) is 4.79 Å². The van der Waals surface area contributed by atoms with Gasteiger partial charge in [0.1, 0.15) is 12.1 Å². The number of aliphatic hydroxyl groups excluding tert-OH is 1. The van der Waals surface area contributed by atoms with E-state index < -0.39 is 54.0 Å². The molecule has 0 aromatic rings. The van der Waals surface area contributed by atoms with E-state index in [1.807, 2.05) is 6.92 Å². The highest BCUT2D eigenvalue weighted by Crippen LogP contribution is 2.11. The van der Waals surface area contributed by atoms with Crippen molar-refractivity contribution in [2.45, 2.75) is 78.2 Å². The maximum Gasteiger partial charge on any atom is 0.328 e. The number of hydrogen-bond donors (Lipinski definition) is 6. The average molecular weight is 402 g/mol. The number of carbonyl (C=O) groups excluding carboxylic acids is 3. The topological polar surface area (TPSA) is 171 Å². The second-order valence-corrected chi connectivity index (χ2v) is 7.46. The number of aliphatic hydroxyl groups is 1. The average Bonchev–Trinajstić information content (AvgIpc) is 2.59. The summed E-state index contributed by atoms with van der Waals surface area (Å²) in [4.78, 5) is 48.4. The highest BCUT2D eigenvalue weighted by atomic mass is 16.4. The zero-order valence-corrected chi connectivity index (χ0v) is 17.4. The number of aliphatic carboxylic acids is 1. The Bertz CT molecular complexity index is 564. The van der Waals surface area contributed by atoms with Crippen molar-refractivity contribution in [3.05, 3.63) is 0 Å². The van der Waals surface area contributed by atoms with Gasteiger partial charge in [-0.05, 0) is 25.7 Å². The summed E-state index contributed by atoms with van der Waals surface area (Å²) in [6.07, 6.45) is -0.720. The molecule has 0 fully saturated rings. The Kier molecular flexibility index (Phi) is 10.7. The second-order valence-electron chi connectivity index (χ2n) is 7.46. The Morgan fingerprint density at radius 1 is 0.821 bits per heavy atom. The fourth-order valence-electron chi connectivity index (χ4n) is 2.40. The molecule has 162 valence electrons. The first kappa shape index (κ1) is 25.8. The number of carboxylic acid groups (broad SMARTS) is 1. The molecule has 6 unspecified atom stereocenters. The quantitative estimate of drug-likeness (QED) is 0.256. The Hall–Kier alpha value is -2.20. The van der Waals surface area contributed by atoms with Crippen molar-refractivity contribution in [1.29, 1.82) is 0 Å². The molecule has 0 spiro atoms. The number of hydrogen-bond acceptors (Lipinski definition) is 6.